The third kappa shape index (κ3) is 2.29. The van der Waals surface area contributed by atoms with Gasteiger partial charge in [-0.15, -0.1) is 5.10 Å². The smallest absolute Gasteiger partial charge is 0.342 e. The maximum Gasteiger partial charge on any atom is 0.346 e. The van der Waals surface area contributed by atoms with E-state index in [1.807, 2.05) is 0 Å². The Hall–Kier alpha value is -1.63. The van der Waals surface area contributed by atoms with Gasteiger partial charge in [-0.1, -0.05) is 19.3 Å². The molecule has 0 amide bonds. The van der Waals surface area contributed by atoms with Crippen molar-refractivity contribution in [1.29, 1.82) is 0 Å². The van der Waals surface area contributed by atoms with Crippen LogP contribution in [-0.2, 0) is 14.1 Å². The minimum absolute atomic E-state index is 0.0208. The van der Waals surface area contributed by atoms with E-state index in [1.54, 1.807) is 7.05 Å². The van der Waals surface area contributed by atoms with Crippen LogP contribution in [0.5, 0.6) is 0 Å². The predicted molar refractivity (Wildman–Crippen MR) is 80.8 cm³/mol. The Bertz CT molecular complexity index is 633. The lowest BCUT2D eigenvalue weighted by Gasteiger charge is -2.50. The van der Waals surface area contributed by atoms with Crippen LogP contribution in [0.25, 0.3) is 0 Å². The molecule has 3 rings (SSSR count). The van der Waals surface area contributed by atoms with Crippen molar-refractivity contribution in [3.05, 3.63) is 20.8 Å². The Kier molecular flexibility index (Phi) is 3.61. The minimum atomic E-state index is -0.378. The van der Waals surface area contributed by atoms with E-state index in [0.29, 0.717) is 5.82 Å². The standard InChI is InChI=1S/C14H23N5O2/c1-17-12(20)11(16-18(2)13(17)21)19-9-8-15-10-14(19)6-4-3-5-7-14/h15H,3-10H2,1-2H3. The van der Waals surface area contributed by atoms with Gasteiger partial charge in [0.2, 0.25) is 5.82 Å². The van der Waals surface area contributed by atoms with Gasteiger partial charge < -0.3 is 10.2 Å². The Morgan fingerprint density at radius 1 is 1.14 bits per heavy atom. The van der Waals surface area contributed by atoms with Crippen molar-refractivity contribution in [1.82, 2.24) is 19.7 Å². The molecule has 2 aliphatic rings. The van der Waals surface area contributed by atoms with E-state index in [1.165, 1.54) is 31.0 Å². The van der Waals surface area contributed by atoms with Gasteiger partial charge in [-0.3, -0.25) is 9.36 Å². The van der Waals surface area contributed by atoms with Gasteiger partial charge in [-0.2, -0.15) is 0 Å². The fraction of sp³-hybridized carbons (Fsp3) is 0.786. The number of aryl methyl sites for hydroxylation is 1. The molecular formula is C14H23N5O2. The highest BCUT2D eigenvalue weighted by Gasteiger charge is 2.41. The first-order valence-electron chi connectivity index (χ1n) is 7.68. The van der Waals surface area contributed by atoms with Crippen molar-refractivity contribution >= 4 is 5.82 Å². The van der Waals surface area contributed by atoms with Crippen LogP contribution in [0, 0.1) is 0 Å². The molecule has 2 heterocycles. The summed E-state index contributed by atoms with van der Waals surface area (Å²) in [6.07, 6.45) is 5.78. The monoisotopic (exact) mass is 293 g/mol. The zero-order valence-corrected chi connectivity index (χ0v) is 12.8. The van der Waals surface area contributed by atoms with E-state index >= 15 is 0 Å². The minimum Gasteiger partial charge on any atom is -0.342 e. The second kappa shape index (κ2) is 5.29. The van der Waals surface area contributed by atoms with Gasteiger partial charge in [0.1, 0.15) is 0 Å². The number of hydrogen-bond acceptors (Lipinski definition) is 5. The molecule has 0 atom stereocenters. The second-order valence-corrected chi connectivity index (χ2v) is 6.21. The summed E-state index contributed by atoms with van der Waals surface area (Å²) in [7, 11) is 3.12. The highest BCUT2D eigenvalue weighted by Crippen LogP contribution is 2.35. The number of rotatable bonds is 1. The van der Waals surface area contributed by atoms with Crippen LogP contribution in [0.3, 0.4) is 0 Å². The van der Waals surface area contributed by atoms with Gasteiger partial charge in [0.25, 0.3) is 5.56 Å². The van der Waals surface area contributed by atoms with Crippen molar-refractivity contribution in [2.45, 2.75) is 37.6 Å². The molecule has 1 spiro atoms. The van der Waals surface area contributed by atoms with Crippen molar-refractivity contribution in [2.75, 3.05) is 24.5 Å². The number of nitrogens with one attached hydrogen (secondary N) is 1. The van der Waals surface area contributed by atoms with Gasteiger partial charge in [-0.05, 0) is 12.8 Å². The third-order valence-electron chi connectivity index (χ3n) is 4.88. The molecule has 7 heteroatoms. The molecule has 1 aliphatic heterocycles. The van der Waals surface area contributed by atoms with Crippen LogP contribution in [-0.4, -0.2) is 39.5 Å². The summed E-state index contributed by atoms with van der Waals surface area (Å²) in [5.41, 5.74) is -0.686. The zero-order chi connectivity index (χ0) is 15.0. The van der Waals surface area contributed by atoms with Crippen molar-refractivity contribution in [3.63, 3.8) is 0 Å². The van der Waals surface area contributed by atoms with Crippen LogP contribution >= 0.6 is 0 Å². The van der Waals surface area contributed by atoms with Gasteiger partial charge in [0, 0.05) is 33.7 Å². The van der Waals surface area contributed by atoms with Crippen LogP contribution in [0.2, 0.25) is 0 Å². The van der Waals surface area contributed by atoms with E-state index in [4.69, 9.17) is 0 Å². The van der Waals surface area contributed by atoms with Crippen molar-refractivity contribution in [2.24, 2.45) is 14.1 Å². The Labute approximate surface area is 123 Å². The summed E-state index contributed by atoms with van der Waals surface area (Å²) in [5, 5.41) is 7.73. The van der Waals surface area contributed by atoms with E-state index in [9.17, 15) is 9.59 Å². The molecule has 1 N–H and O–H groups in total. The molecular weight excluding hydrogens is 270 g/mol. The maximum absolute atomic E-state index is 12.5. The lowest BCUT2D eigenvalue weighted by molar-refractivity contribution is 0.237. The lowest BCUT2D eigenvalue weighted by Crippen LogP contribution is -2.64. The average molecular weight is 293 g/mol. The topological polar surface area (TPSA) is 72.2 Å². The molecule has 0 bridgehead atoms. The first-order chi connectivity index (χ1) is 10.1. The molecule has 1 aromatic heterocycles. The highest BCUT2D eigenvalue weighted by molar-refractivity contribution is 5.41. The lowest BCUT2D eigenvalue weighted by atomic mass is 9.79. The molecule has 0 aromatic carbocycles. The van der Waals surface area contributed by atoms with Gasteiger partial charge in [-0.25, -0.2) is 9.48 Å². The summed E-state index contributed by atoms with van der Waals surface area (Å²) in [6, 6.07) is 0. The summed E-state index contributed by atoms with van der Waals surface area (Å²) >= 11 is 0. The first-order valence-corrected chi connectivity index (χ1v) is 7.68. The molecule has 7 nitrogen and oxygen atoms in total. The van der Waals surface area contributed by atoms with Crippen LogP contribution in [0.4, 0.5) is 5.82 Å². The fourth-order valence-electron chi connectivity index (χ4n) is 3.68. The fourth-order valence-corrected chi connectivity index (χ4v) is 3.68. The Balaban J connectivity index is 2.09. The van der Waals surface area contributed by atoms with Gasteiger partial charge in [0.05, 0.1) is 5.54 Å². The molecule has 21 heavy (non-hydrogen) atoms. The summed E-state index contributed by atoms with van der Waals surface area (Å²) in [6.45, 7) is 2.50. The van der Waals surface area contributed by atoms with Crippen molar-refractivity contribution < 1.29 is 0 Å². The van der Waals surface area contributed by atoms with Crippen LogP contribution in [0.1, 0.15) is 32.1 Å². The largest absolute Gasteiger partial charge is 0.346 e. The van der Waals surface area contributed by atoms with E-state index in [0.717, 1.165) is 37.0 Å². The zero-order valence-electron chi connectivity index (χ0n) is 12.8. The molecule has 1 saturated heterocycles. The summed E-state index contributed by atoms with van der Waals surface area (Å²) in [4.78, 5) is 26.5. The quantitative estimate of drug-likeness (QED) is 0.762. The number of hydrogen-bond donors (Lipinski definition) is 1. The van der Waals surface area contributed by atoms with E-state index in [-0.39, 0.29) is 16.8 Å². The summed E-state index contributed by atoms with van der Waals surface area (Å²) < 4.78 is 2.41. The van der Waals surface area contributed by atoms with Gasteiger partial charge in [0.15, 0.2) is 0 Å². The Morgan fingerprint density at radius 3 is 2.57 bits per heavy atom. The Morgan fingerprint density at radius 2 is 1.86 bits per heavy atom. The SMILES string of the molecule is Cn1nc(N2CCNCC23CCCCC3)c(=O)n(C)c1=O. The summed E-state index contributed by atoms with van der Waals surface area (Å²) in [5.74, 6) is 0.419. The van der Waals surface area contributed by atoms with Gasteiger partial charge >= 0.3 is 5.69 Å². The number of nitrogens with zero attached hydrogens (tertiary/aromatic N) is 4. The average Bonchev–Trinajstić information content (AvgIpc) is 2.50. The second-order valence-electron chi connectivity index (χ2n) is 6.21. The maximum atomic E-state index is 12.5. The molecule has 1 saturated carbocycles. The number of aromatic nitrogens is 3. The van der Waals surface area contributed by atoms with Crippen molar-refractivity contribution in [3.8, 4) is 0 Å². The van der Waals surface area contributed by atoms with E-state index in [2.05, 4.69) is 15.3 Å². The molecule has 1 aliphatic carbocycles. The molecule has 0 unspecified atom stereocenters. The number of piperazine rings is 1. The van der Waals surface area contributed by atoms with Crippen LogP contribution in [0.15, 0.2) is 9.59 Å². The predicted octanol–water partition coefficient (Wildman–Crippen LogP) is -0.408. The molecule has 2 fully saturated rings. The normalized spacial score (nSPS) is 21.7. The third-order valence-corrected chi connectivity index (χ3v) is 4.88. The molecule has 0 radical (unpaired) electrons. The van der Waals surface area contributed by atoms with E-state index < -0.39 is 0 Å². The molecule has 116 valence electrons. The van der Waals surface area contributed by atoms with Crippen LogP contribution < -0.4 is 21.5 Å². The number of anilines is 1. The molecule has 1 aromatic rings. The first kappa shape index (κ1) is 14.3. The highest BCUT2D eigenvalue weighted by atomic mass is 16.2.